The van der Waals surface area contributed by atoms with E-state index in [1.165, 1.54) is 12.1 Å². The molecule has 4 heteroatoms. The van der Waals surface area contributed by atoms with Gasteiger partial charge in [-0.05, 0) is 24.6 Å². The van der Waals surface area contributed by atoms with Crippen molar-refractivity contribution >= 4 is 17.9 Å². The van der Waals surface area contributed by atoms with Crippen LogP contribution in [0.15, 0.2) is 18.2 Å². The molecule has 0 spiro atoms. The Balaban J connectivity index is 2.78. The smallest absolute Gasteiger partial charge is 0.224 e. The van der Waals surface area contributed by atoms with Gasteiger partial charge >= 0.3 is 0 Å². The SMILES string of the molecule is CCCC(=O)Nc1ccc(O)c(C=O)c1. The molecule has 0 aliphatic rings. The van der Waals surface area contributed by atoms with Crippen molar-refractivity contribution in [3.63, 3.8) is 0 Å². The van der Waals surface area contributed by atoms with Gasteiger partial charge in [0.15, 0.2) is 6.29 Å². The van der Waals surface area contributed by atoms with E-state index in [2.05, 4.69) is 5.32 Å². The molecule has 0 atom stereocenters. The lowest BCUT2D eigenvalue weighted by Gasteiger charge is -2.05. The van der Waals surface area contributed by atoms with Crippen LogP contribution in [-0.4, -0.2) is 17.3 Å². The Kier molecular flexibility index (Phi) is 3.85. The zero-order valence-corrected chi connectivity index (χ0v) is 8.49. The van der Waals surface area contributed by atoms with Gasteiger partial charge in [-0.1, -0.05) is 6.92 Å². The number of aldehydes is 1. The second-order valence-corrected chi connectivity index (χ2v) is 3.19. The Hall–Kier alpha value is -1.84. The number of benzene rings is 1. The predicted molar refractivity (Wildman–Crippen MR) is 57.0 cm³/mol. The quantitative estimate of drug-likeness (QED) is 0.585. The number of carbonyl (C=O) groups is 2. The first-order valence-corrected chi connectivity index (χ1v) is 4.75. The van der Waals surface area contributed by atoms with Gasteiger partial charge in [0.2, 0.25) is 5.91 Å². The standard InChI is InChI=1S/C11H13NO3/c1-2-3-11(15)12-9-4-5-10(14)8(6-9)7-13/h4-7,14H,2-3H2,1H3,(H,12,15). The topological polar surface area (TPSA) is 66.4 Å². The highest BCUT2D eigenvalue weighted by atomic mass is 16.3. The third kappa shape index (κ3) is 3.09. The molecule has 1 rings (SSSR count). The fourth-order valence-electron chi connectivity index (χ4n) is 1.18. The number of anilines is 1. The van der Waals surface area contributed by atoms with Crippen LogP contribution in [0.1, 0.15) is 30.1 Å². The summed E-state index contributed by atoms with van der Waals surface area (Å²) in [6.07, 6.45) is 1.76. The minimum Gasteiger partial charge on any atom is -0.507 e. The maximum absolute atomic E-state index is 11.2. The van der Waals surface area contributed by atoms with Crippen molar-refractivity contribution in [3.8, 4) is 5.75 Å². The van der Waals surface area contributed by atoms with E-state index >= 15 is 0 Å². The third-order valence-electron chi connectivity index (χ3n) is 1.92. The van der Waals surface area contributed by atoms with Crippen LogP contribution in [0.3, 0.4) is 0 Å². The van der Waals surface area contributed by atoms with Gasteiger partial charge in [0.1, 0.15) is 5.75 Å². The van der Waals surface area contributed by atoms with Crippen LogP contribution >= 0.6 is 0 Å². The summed E-state index contributed by atoms with van der Waals surface area (Å²) in [6.45, 7) is 1.91. The van der Waals surface area contributed by atoms with Crippen LogP contribution in [0.4, 0.5) is 5.69 Å². The van der Waals surface area contributed by atoms with Crippen LogP contribution in [0.25, 0.3) is 0 Å². The second kappa shape index (κ2) is 5.14. The normalized spacial score (nSPS) is 9.67. The fraction of sp³-hybridized carbons (Fsp3) is 0.273. The monoisotopic (exact) mass is 207 g/mol. The van der Waals surface area contributed by atoms with Gasteiger partial charge in [0, 0.05) is 12.1 Å². The molecule has 15 heavy (non-hydrogen) atoms. The zero-order valence-electron chi connectivity index (χ0n) is 8.49. The van der Waals surface area contributed by atoms with Crippen molar-refractivity contribution in [2.24, 2.45) is 0 Å². The Labute approximate surface area is 87.9 Å². The van der Waals surface area contributed by atoms with Crippen molar-refractivity contribution in [2.45, 2.75) is 19.8 Å². The highest BCUT2D eigenvalue weighted by Gasteiger charge is 2.04. The summed E-state index contributed by atoms with van der Waals surface area (Å²) >= 11 is 0. The average molecular weight is 207 g/mol. The van der Waals surface area contributed by atoms with E-state index in [-0.39, 0.29) is 17.2 Å². The largest absolute Gasteiger partial charge is 0.507 e. The molecule has 0 fully saturated rings. The summed E-state index contributed by atoms with van der Waals surface area (Å²) in [7, 11) is 0. The Morgan fingerprint density at radius 2 is 2.27 bits per heavy atom. The average Bonchev–Trinajstić information content (AvgIpc) is 2.21. The summed E-state index contributed by atoms with van der Waals surface area (Å²) in [5, 5.41) is 11.9. The first-order chi connectivity index (χ1) is 7.17. The summed E-state index contributed by atoms with van der Waals surface area (Å²) in [5.41, 5.74) is 0.692. The van der Waals surface area contributed by atoms with E-state index in [1.54, 1.807) is 6.07 Å². The van der Waals surface area contributed by atoms with Gasteiger partial charge in [-0.3, -0.25) is 9.59 Å². The second-order valence-electron chi connectivity index (χ2n) is 3.19. The van der Waals surface area contributed by atoms with Gasteiger partial charge < -0.3 is 10.4 Å². The summed E-state index contributed by atoms with van der Waals surface area (Å²) in [6, 6.07) is 4.37. The molecule has 0 aliphatic carbocycles. The molecular formula is C11H13NO3. The molecule has 0 aromatic heterocycles. The van der Waals surface area contributed by atoms with Gasteiger partial charge in [0.05, 0.1) is 5.56 Å². The number of carbonyl (C=O) groups excluding carboxylic acids is 2. The van der Waals surface area contributed by atoms with Crippen molar-refractivity contribution in [1.29, 1.82) is 0 Å². The van der Waals surface area contributed by atoms with Crippen molar-refractivity contribution < 1.29 is 14.7 Å². The van der Waals surface area contributed by atoms with Gasteiger partial charge in [0.25, 0.3) is 0 Å². The van der Waals surface area contributed by atoms with E-state index in [0.717, 1.165) is 6.42 Å². The van der Waals surface area contributed by atoms with Crippen LogP contribution in [0.5, 0.6) is 5.75 Å². The van der Waals surface area contributed by atoms with E-state index < -0.39 is 0 Å². The van der Waals surface area contributed by atoms with Crippen LogP contribution in [0, 0.1) is 0 Å². The van der Waals surface area contributed by atoms with Crippen LogP contribution < -0.4 is 5.32 Å². The molecule has 0 saturated heterocycles. The minimum absolute atomic E-state index is 0.0847. The molecule has 1 aromatic rings. The van der Waals surface area contributed by atoms with Gasteiger partial charge in [-0.15, -0.1) is 0 Å². The molecule has 0 aliphatic heterocycles. The molecule has 1 amide bonds. The number of hydrogen-bond donors (Lipinski definition) is 2. The van der Waals surface area contributed by atoms with Gasteiger partial charge in [-0.2, -0.15) is 0 Å². The highest BCUT2D eigenvalue weighted by Crippen LogP contribution is 2.19. The van der Waals surface area contributed by atoms with Crippen molar-refractivity contribution in [1.82, 2.24) is 0 Å². The number of phenols is 1. The third-order valence-corrected chi connectivity index (χ3v) is 1.92. The number of hydrogen-bond acceptors (Lipinski definition) is 3. The molecule has 1 aromatic carbocycles. The number of phenolic OH excluding ortho intramolecular Hbond substituents is 1. The maximum atomic E-state index is 11.2. The number of amides is 1. The molecular weight excluding hydrogens is 194 g/mol. The number of nitrogens with one attached hydrogen (secondary N) is 1. The minimum atomic E-state index is -0.0972. The molecule has 0 heterocycles. The molecule has 0 bridgehead atoms. The Bertz CT molecular complexity index is 374. The predicted octanol–water partition coefficient (Wildman–Crippen LogP) is 1.94. The summed E-state index contributed by atoms with van der Waals surface area (Å²) in [5.74, 6) is -0.182. The maximum Gasteiger partial charge on any atom is 0.224 e. The lowest BCUT2D eigenvalue weighted by Crippen LogP contribution is -2.10. The molecule has 0 radical (unpaired) electrons. The number of rotatable bonds is 4. The Morgan fingerprint density at radius 1 is 1.53 bits per heavy atom. The highest BCUT2D eigenvalue weighted by molar-refractivity contribution is 5.92. The Morgan fingerprint density at radius 3 is 2.87 bits per heavy atom. The van der Waals surface area contributed by atoms with Gasteiger partial charge in [-0.25, -0.2) is 0 Å². The van der Waals surface area contributed by atoms with Crippen LogP contribution in [-0.2, 0) is 4.79 Å². The molecule has 80 valence electrons. The zero-order chi connectivity index (χ0) is 11.3. The molecule has 0 unspecified atom stereocenters. The summed E-state index contributed by atoms with van der Waals surface area (Å²) < 4.78 is 0. The van der Waals surface area contributed by atoms with E-state index in [1.807, 2.05) is 6.92 Å². The molecule has 4 nitrogen and oxygen atoms in total. The summed E-state index contributed by atoms with van der Waals surface area (Å²) in [4.78, 5) is 21.8. The molecule has 0 saturated carbocycles. The molecule has 2 N–H and O–H groups in total. The van der Waals surface area contributed by atoms with Crippen LogP contribution in [0.2, 0.25) is 0 Å². The van der Waals surface area contributed by atoms with E-state index in [4.69, 9.17) is 0 Å². The van der Waals surface area contributed by atoms with Crippen molar-refractivity contribution in [3.05, 3.63) is 23.8 Å². The first-order valence-electron chi connectivity index (χ1n) is 4.75. The fourth-order valence-corrected chi connectivity index (χ4v) is 1.18. The number of aromatic hydroxyl groups is 1. The lowest BCUT2D eigenvalue weighted by atomic mass is 10.2. The van der Waals surface area contributed by atoms with Crippen molar-refractivity contribution in [2.75, 3.05) is 5.32 Å². The van der Waals surface area contributed by atoms with E-state index in [9.17, 15) is 14.7 Å². The lowest BCUT2D eigenvalue weighted by molar-refractivity contribution is -0.116. The van der Waals surface area contributed by atoms with E-state index in [0.29, 0.717) is 18.4 Å². The first kappa shape index (κ1) is 11.2.